The maximum Gasteiger partial charge on any atom is 0.334 e. The van der Waals surface area contributed by atoms with Crippen molar-refractivity contribution in [2.24, 2.45) is 0 Å². The first-order chi connectivity index (χ1) is 10.4. The van der Waals surface area contributed by atoms with Gasteiger partial charge in [0.15, 0.2) is 0 Å². The average molecular weight is 389 g/mol. The van der Waals surface area contributed by atoms with Crippen molar-refractivity contribution < 1.29 is 17.7 Å². The summed E-state index contributed by atoms with van der Waals surface area (Å²) in [6.07, 6.45) is 2.17. The second kappa shape index (κ2) is 15.5. The molecule has 0 rings (SSSR count). The van der Waals surface area contributed by atoms with Crippen molar-refractivity contribution in [1.82, 2.24) is 0 Å². The third-order valence-electron chi connectivity index (χ3n) is 3.34. The van der Waals surface area contributed by atoms with E-state index in [9.17, 15) is 0 Å². The SMILES string of the molecule is CCO[Si](C)(CCCS)OCC.CO[Si](C)(CCCS)OC. The highest BCUT2D eigenvalue weighted by molar-refractivity contribution is 7.80. The Bertz CT molecular complexity index is 239. The summed E-state index contributed by atoms with van der Waals surface area (Å²) in [4.78, 5) is 0. The van der Waals surface area contributed by atoms with E-state index in [1.165, 1.54) is 0 Å². The molecular formula is C14H36O4S2Si2. The van der Waals surface area contributed by atoms with Gasteiger partial charge in [-0.15, -0.1) is 0 Å². The first-order valence-electron chi connectivity index (χ1n) is 7.96. The predicted octanol–water partition coefficient (Wildman–Crippen LogP) is 4.12. The Labute approximate surface area is 151 Å². The molecule has 4 nitrogen and oxygen atoms in total. The molecule has 0 aliphatic carbocycles. The zero-order valence-corrected chi connectivity index (χ0v) is 19.0. The number of hydrogen-bond donors (Lipinski definition) is 2. The number of hydrogen-bond acceptors (Lipinski definition) is 6. The van der Waals surface area contributed by atoms with E-state index in [0.29, 0.717) is 0 Å². The van der Waals surface area contributed by atoms with Gasteiger partial charge in [-0.25, -0.2) is 0 Å². The van der Waals surface area contributed by atoms with E-state index in [1.807, 2.05) is 13.8 Å². The summed E-state index contributed by atoms with van der Waals surface area (Å²) in [6, 6.07) is 2.08. The summed E-state index contributed by atoms with van der Waals surface area (Å²) in [5.41, 5.74) is 0. The summed E-state index contributed by atoms with van der Waals surface area (Å²) in [5.74, 6) is 1.83. The Morgan fingerprint density at radius 2 is 1.09 bits per heavy atom. The van der Waals surface area contributed by atoms with Crippen molar-refractivity contribution in [3.05, 3.63) is 0 Å². The maximum atomic E-state index is 5.65. The third-order valence-corrected chi connectivity index (χ3v) is 10.0. The Kier molecular flexibility index (Phi) is 17.8. The van der Waals surface area contributed by atoms with E-state index in [4.69, 9.17) is 17.7 Å². The van der Waals surface area contributed by atoms with Crippen LogP contribution in [0.25, 0.3) is 0 Å². The molecule has 0 atom stereocenters. The first-order valence-corrected chi connectivity index (χ1v) is 14.3. The van der Waals surface area contributed by atoms with Gasteiger partial charge < -0.3 is 17.7 Å². The van der Waals surface area contributed by atoms with E-state index in [-0.39, 0.29) is 0 Å². The molecule has 136 valence electrons. The van der Waals surface area contributed by atoms with E-state index >= 15 is 0 Å². The standard InChI is InChI=1S/C8H20O2SSi.C6H16O2SSi/c1-4-9-12(3,10-5-2)8-6-7-11;1-7-10(3,8-2)6-4-5-9/h11H,4-8H2,1-3H3;9H,4-6H2,1-3H3. The van der Waals surface area contributed by atoms with Crippen LogP contribution in [0.1, 0.15) is 26.7 Å². The van der Waals surface area contributed by atoms with Crippen molar-refractivity contribution in [3.8, 4) is 0 Å². The third kappa shape index (κ3) is 13.4. The molecule has 0 N–H and O–H groups in total. The maximum absolute atomic E-state index is 5.65. The minimum atomic E-state index is -1.82. The largest absolute Gasteiger partial charge is 0.398 e. The van der Waals surface area contributed by atoms with Gasteiger partial charge in [-0.3, -0.25) is 0 Å². The molecular weight excluding hydrogens is 352 g/mol. The van der Waals surface area contributed by atoms with E-state index in [1.54, 1.807) is 14.2 Å². The van der Waals surface area contributed by atoms with Gasteiger partial charge in [-0.05, 0) is 63.4 Å². The van der Waals surface area contributed by atoms with Crippen molar-refractivity contribution >= 4 is 42.4 Å². The minimum absolute atomic E-state index is 0.759. The van der Waals surface area contributed by atoms with Crippen LogP contribution in [0, 0.1) is 0 Å². The van der Waals surface area contributed by atoms with Crippen molar-refractivity contribution in [3.63, 3.8) is 0 Å². The van der Waals surface area contributed by atoms with Crippen LogP contribution in [-0.4, -0.2) is 56.1 Å². The van der Waals surface area contributed by atoms with E-state index in [0.717, 1.165) is 49.6 Å². The second-order valence-corrected chi connectivity index (χ2v) is 13.0. The van der Waals surface area contributed by atoms with Gasteiger partial charge >= 0.3 is 17.1 Å². The quantitative estimate of drug-likeness (QED) is 0.389. The van der Waals surface area contributed by atoms with Gasteiger partial charge in [0, 0.05) is 27.4 Å². The molecule has 0 saturated carbocycles. The fourth-order valence-electron chi connectivity index (χ4n) is 1.88. The van der Waals surface area contributed by atoms with Crippen LogP contribution < -0.4 is 0 Å². The van der Waals surface area contributed by atoms with Crippen LogP contribution in [0.3, 0.4) is 0 Å². The highest BCUT2D eigenvalue weighted by atomic mass is 32.1. The lowest BCUT2D eigenvalue weighted by Crippen LogP contribution is -2.38. The van der Waals surface area contributed by atoms with Gasteiger partial charge in [-0.1, -0.05) is 0 Å². The van der Waals surface area contributed by atoms with E-state index < -0.39 is 17.1 Å². The molecule has 8 heteroatoms. The Morgan fingerprint density at radius 1 is 0.727 bits per heavy atom. The average Bonchev–Trinajstić information content (AvgIpc) is 2.52. The highest BCUT2D eigenvalue weighted by Crippen LogP contribution is 2.16. The topological polar surface area (TPSA) is 36.9 Å². The van der Waals surface area contributed by atoms with Crippen molar-refractivity contribution in [2.45, 2.75) is 51.9 Å². The molecule has 0 aliphatic rings. The van der Waals surface area contributed by atoms with Crippen LogP contribution in [0.2, 0.25) is 25.2 Å². The normalized spacial score (nSPS) is 12.0. The van der Waals surface area contributed by atoms with E-state index in [2.05, 4.69) is 38.4 Å². The molecule has 22 heavy (non-hydrogen) atoms. The molecule has 0 bridgehead atoms. The molecule has 0 heterocycles. The first kappa shape index (κ1) is 25.2. The molecule has 0 radical (unpaired) electrons. The van der Waals surface area contributed by atoms with Crippen molar-refractivity contribution in [2.75, 3.05) is 38.9 Å². The molecule has 0 amide bonds. The van der Waals surface area contributed by atoms with Gasteiger partial charge in [-0.2, -0.15) is 25.3 Å². The molecule has 0 aliphatic heterocycles. The summed E-state index contributed by atoms with van der Waals surface area (Å²) >= 11 is 8.30. The summed E-state index contributed by atoms with van der Waals surface area (Å²) in [5, 5.41) is 0. The number of rotatable bonds is 12. The van der Waals surface area contributed by atoms with Crippen LogP contribution in [-0.2, 0) is 17.7 Å². The zero-order chi connectivity index (χ0) is 17.5. The second-order valence-electron chi connectivity index (χ2n) is 5.20. The molecule has 0 aromatic heterocycles. The molecule has 0 saturated heterocycles. The fraction of sp³-hybridized carbons (Fsp3) is 1.00. The smallest absolute Gasteiger partial charge is 0.334 e. The molecule has 0 fully saturated rings. The van der Waals surface area contributed by atoms with Crippen LogP contribution >= 0.6 is 25.3 Å². The summed E-state index contributed by atoms with van der Waals surface area (Å²) < 4.78 is 21.9. The summed E-state index contributed by atoms with van der Waals surface area (Å²) in [7, 11) is -0.153. The lowest BCUT2D eigenvalue weighted by molar-refractivity contribution is 0.189. The van der Waals surface area contributed by atoms with Crippen LogP contribution in [0.15, 0.2) is 0 Å². The highest BCUT2D eigenvalue weighted by Gasteiger charge is 2.29. The van der Waals surface area contributed by atoms with Crippen molar-refractivity contribution in [1.29, 1.82) is 0 Å². The Morgan fingerprint density at radius 3 is 1.36 bits per heavy atom. The molecule has 0 unspecified atom stereocenters. The zero-order valence-electron chi connectivity index (χ0n) is 15.2. The molecule has 0 aromatic carbocycles. The monoisotopic (exact) mass is 388 g/mol. The molecule has 0 spiro atoms. The lowest BCUT2D eigenvalue weighted by Gasteiger charge is -2.25. The Hall–Kier alpha value is 0.974. The van der Waals surface area contributed by atoms with Gasteiger partial charge in [0.25, 0.3) is 0 Å². The Balaban J connectivity index is 0. The molecule has 0 aromatic rings. The van der Waals surface area contributed by atoms with Gasteiger partial charge in [0.05, 0.1) is 0 Å². The predicted molar refractivity (Wildman–Crippen MR) is 107 cm³/mol. The van der Waals surface area contributed by atoms with Gasteiger partial charge in [0.1, 0.15) is 0 Å². The lowest BCUT2D eigenvalue weighted by atomic mass is 10.6. The minimum Gasteiger partial charge on any atom is -0.398 e. The summed E-state index contributed by atoms with van der Waals surface area (Å²) in [6.45, 7) is 9.75. The fourth-order valence-corrected chi connectivity index (χ4v) is 6.60. The van der Waals surface area contributed by atoms with Gasteiger partial charge in [0.2, 0.25) is 0 Å². The number of thiol groups is 2. The van der Waals surface area contributed by atoms with Crippen LogP contribution in [0.5, 0.6) is 0 Å². The van der Waals surface area contributed by atoms with Crippen LogP contribution in [0.4, 0.5) is 0 Å².